The van der Waals surface area contributed by atoms with E-state index in [1.807, 2.05) is 11.4 Å². The summed E-state index contributed by atoms with van der Waals surface area (Å²) < 4.78 is 0. The van der Waals surface area contributed by atoms with Crippen LogP contribution in [-0.2, 0) is 6.54 Å². The lowest BCUT2D eigenvalue weighted by Gasteiger charge is -2.04. The predicted molar refractivity (Wildman–Crippen MR) is 68.3 cm³/mol. The van der Waals surface area contributed by atoms with Gasteiger partial charge >= 0.3 is 0 Å². The molecule has 3 aromatic heterocycles. The van der Waals surface area contributed by atoms with Crippen LogP contribution in [0.2, 0.25) is 5.28 Å². The van der Waals surface area contributed by atoms with Crippen LogP contribution in [0.5, 0.6) is 0 Å². The average Bonchev–Trinajstić information content (AvgIpc) is 2.95. The molecule has 0 aliphatic rings. The maximum atomic E-state index is 5.83. The number of thiophene rings is 1. The Morgan fingerprint density at radius 1 is 1.41 bits per heavy atom. The largest absolute Gasteiger partial charge is 0.364 e. The van der Waals surface area contributed by atoms with Gasteiger partial charge in [-0.1, -0.05) is 6.07 Å². The lowest BCUT2D eigenvalue weighted by Crippen LogP contribution is -2.01. The van der Waals surface area contributed by atoms with E-state index in [4.69, 9.17) is 11.6 Å². The third kappa shape index (κ3) is 2.09. The van der Waals surface area contributed by atoms with Crippen molar-refractivity contribution in [1.29, 1.82) is 0 Å². The van der Waals surface area contributed by atoms with E-state index >= 15 is 0 Å². The number of fused-ring (bicyclic) bond motifs is 1. The Bertz CT molecular complexity index is 633. The number of nitrogens with zero attached hydrogens (tertiary/aromatic N) is 3. The first kappa shape index (κ1) is 10.5. The summed E-state index contributed by atoms with van der Waals surface area (Å²) in [5.41, 5.74) is 0.638. The first-order valence-electron chi connectivity index (χ1n) is 4.96. The summed E-state index contributed by atoms with van der Waals surface area (Å²) in [4.78, 5) is 9.43. The summed E-state index contributed by atoms with van der Waals surface area (Å²) in [6, 6.07) is 4.08. The lowest BCUT2D eigenvalue weighted by molar-refractivity contribution is 1.08. The second kappa shape index (κ2) is 4.31. The van der Waals surface area contributed by atoms with Crippen molar-refractivity contribution in [3.63, 3.8) is 0 Å². The standard InChI is InChI=1S/C10H8ClN5S/c11-10-14-8(7-5-13-16-9(7)15-10)12-4-6-2-1-3-17-6/h1-3,5H,4H2,(H2,12,13,14,15,16). The molecule has 0 bridgehead atoms. The maximum Gasteiger partial charge on any atom is 0.226 e. The minimum Gasteiger partial charge on any atom is -0.364 e. The molecule has 3 heterocycles. The number of aromatic amines is 1. The van der Waals surface area contributed by atoms with Gasteiger partial charge in [0.05, 0.1) is 18.1 Å². The number of hydrogen-bond acceptors (Lipinski definition) is 5. The van der Waals surface area contributed by atoms with Gasteiger partial charge < -0.3 is 5.32 Å². The molecular formula is C10H8ClN5S. The van der Waals surface area contributed by atoms with Crippen molar-refractivity contribution >= 4 is 39.8 Å². The molecule has 0 saturated carbocycles. The van der Waals surface area contributed by atoms with Crippen LogP contribution in [0, 0.1) is 0 Å². The van der Waals surface area contributed by atoms with E-state index < -0.39 is 0 Å². The van der Waals surface area contributed by atoms with Crippen molar-refractivity contribution in [3.05, 3.63) is 33.9 Å². The van der Waals surface area contributed by atoms with Crippen molar-refractivity contribution in [2.45, 2.75) is 6.54 Å². The number of nitrogens with one attached hydrogen (secondary N) is 2. The highest BCUT2D eigenvalue weighted by molar-refractivity contribution is 7.09. The van der Waals surface area contributed by atoms with Gasteiger partial charge in [0.1, 0.15) is 5.82 Å². The molecule has 0 aliphatic carbocycles. The van der Waals surface area contributed by atoms with E-state index in [1.54, 1.807) is 17.5 Å². The minimum atomic E-state index is 0.204. The summed E-state index contributed by atoms with van der Waals surface area (Å²) >= 11 is 7.53. The topological polar surface area (TPSA) is 66.5 Å². The Morgan fingerprint density at radius 3 is 3.18 bits per heavy atom. The van der Waals surface area contributed by atoms with Crippen LogP contribution in [0.25, 0.3) is 11.0 Å². The van der Waals surface area contributed by atoms with Gasteiger partial charge in [0.2, 0.25) is 5.28 Å². The normalized spacial score (nSPS) is 10.9. The van der Waals surface area contributed by atoms with Crippen LogP contribution in [-0.4, -0.2) is 20.2 Å². The highest BCUT2D eigenvalue weighted by atomic mass is 35.5. The number of H-pyrrole nitrogens is 1. The molecule has 7 heteroatoms. The van der Waals surface area contributed by atoms with E-state index in [2.05, 4.69) is 31.5 Å². The van der Waals surface area contributed by atoms with Crippen LogP contribution in [0.1, 0.15) is 4.88 Å². The van der Waals surface area contributed by atoms with Crippen LogP contribution in [0.4, 0.5) is 5.82 Å². The van der Waals surface area contributed by atoms with Gasteiger partial charge in [0.15, 0.2) is 5.65 Å². The number of hydrogen-bond donors (Lipinski definition) is 2. The SMILES string of the molecule is Clc1nc(NCc2cccs2)c2cn[nH]c2n1. The molecule has 0 radical (unpaired) electrons. The van der Waals surface area contributed by atoms with E-state index in [1.165, 1.54) is 4.88 Å². The second-order valence-corrected chi connectivity index (χ2v) is 4.78. The third-order valence-corrected chi connectivity index (χ3v) is 3.34. The summed E-state index contributed by atoms with van der Waals surface area (Å²) in [5.74, 6) is 0.696. The maximum absolute atomic E-state index is 5.83. The molecule has 86 valence electrons. The molecule has 5 nitrogen and oxygen atoms in total. The molecule has 2 N–H and O–H groups in total. The Kier molecular flexibility index (Phi) is 2.66. The molecule has 17 heavy (non-hydrogen) atoms. The Morgan fingerprint density at radius 2 is 2.35 bits per heavy atom. The van der Waals surface area contributed by atoms with Crippen LogP contribution < -0.4 is 5.32 Å². The fourth-order valence-corrected chi connectivity index (χ4v) is 2.34. The van der Waals surface area contributed by atoms with E-state index in [9.17, 15) is 0 Å². The van der Waals surface area contributed by atoms with E-state index in [0.717, 1.165) is 5.39 Å². The summed E-state index contributed by atoms with van der Waals surface area (Å²) in [6.07, 6.45) is 1.68. The minimum absolute atomic E-state index is 0.204. The van der Waals surface area contributed by atoms with E-state index in [-0.39, 0.29) is 5.28 Å². The van der Waals surface area contributed by atoms with E-state index in [0.29, 0.717) is 18.0 Å². The zero-order valence-electron chi connectivity index (χ0n) is 8.64. The monoisotopic (exact) mass is 265 g/mol. The van der Waals surface area contributed by atoms with Crippen molar-refractivity contribution in [3.8, 4) is 0 Å². The zero-order valence-corrected chi connectivity index (χ0v) is 10.2. The summed E-state index contributed by atoms with van der Waals surface area (Å²) in [5, 5.41) is 13.0. The average molecular weight is 266 g/mol. The van der Waals surface area contributed by atoms with Gasteiger partial charge in [-0.25, -0.2) is 0 Å². The third-order valence-electron chi connectivity index (χ3n) is 2.29. The Balaban J connectivity index is 1.91. The van der Waals surface area contributed by atoms with Gasteiger partial charge in [0.25, 0.3) is 0 Å². The molecule has 0 aliphatic heterocycles. The molecule has 3 aromatic rings. The first-order valence-corrected chi connectivity index (χ1v) is 6.21. The quantitative estimate of drug-likeness (QED) is 0.715. The van der Waals surface area contributed by atoms with Crippen molar-refractivity contribution < 1.29 is 0 Å². The molecule has 3 rings (SSSR count). The van der Waals surface area contributed by atoms with Gasteiger partial charge in [-0.05, 0) is 23.0 Å². The Labute approximate surface area is 106 Å². The molecule has 0 saturated heterocycles. The second-order valence-electron chi connectivity index (χ2n) is 3.41. The van der Waals surface area contributed by atoms with Crippen molar-refractivity contribution in [1.82, 2.24) is 20.2 Å². The number of rotatable bonds is 3. The highest BCUT2D eigenvalue weighted by Gasteiger charge is 2.08. The highest BCUT2D eigenvalue weighted by Crippen LogP contribution is 2.21. The molecule has 0 atom stereocenters. The van der Waals surface area contributed by atoms with Gasteiger partial charge in [-0.2, -0.15) is 15.1 Å². The van der Waals surface area contributed by atoms with Crippen molar-refractivity contribution in [2.75, 3.05) is 5.32 Å². The molecule has 0 fully saturated rings. The van der Waals surface area contributed by atoms with Crippen LogP contribution >= 0.6 is 22.9 Å². The summed E-state index contributed by atoms with van der Waals surface area (Å²) in [7, 11) is 0. The molecule has 0 spiro atoms. The molecule has 0 aromatic carbocycles. The number of aromatic nitrogens is 4. The van der Waals surface area contributed by atoms with Gasteiger partial charge in [0, 0.05) is 4.88 Å². The fraction of sp³-hybridized carbons (Fsp3) is 0.100. The number of halogens is 1. The smallest absolute Gasteiger partial charge is 0.226 e. The molecule has 0 unspecified atom stereocenters. The van der Waals surface area contributed by atoms with Crippen LogP contribution in [0.15, 0.2) is 23.7 Å². The van der Waals surface area contributed by atoms with Gasteiger partial charge in [-0.15, -0.1) is 11.3 Å². The van der Waals surface area contributed by atoms with Gasteiger partial charge in [-0.3, -0.25) is 5.10 Å². The lowest BCUT2D eigenvalue weighted by atomic mass is 10.4. The first-order chi connectivity index (χ1) is 8.33. The van der Waals surface area contributed by atoms with Crippen molar-refractivity contribution in [2.24, 2.45) is 0 Å². The molecule has 0 amide bonds. The zero-order chi connectivity index (χ0) is 11.7. The summed E-state index contributed by atoms with van der Waals surface area (Å²) in [6.45, 7) is 0.714. The Hall–Kier alpha value is -1.66. The van der Waals surface area contributed by atoms with Crippen LogP contribution in [0.3, 0.4) is 0 Å². The fourth-order valence-electron chi connectivity index (χ4n) is 1.53. The predicted octanol–water partition coefficient (Wildman–Crippen LogP) is 2.68. The molecular weight excluding hydrogens is 258 g/mol. The number of anilines is 1.